The maximum atomic E-state index is 15.0. The summed E-state index contributed by atoms with van der Waals surface area (Å²) in [6, 6.07) is 6.28. The molecule has 2 atom stereocenters. The van der Waals surface area contributed by atoms with Gasteiger partial charge < -0.3 is 14.7 Å². The highest BCUT2D eigenvalue weighted by Crippen LogP contribution is 2.26. The molecule has 2 aliphatic rings. The van der Waals surface area contributed by atoms with Gasteiger partial charge in [-0.2, -0.15) is 0 Å². The van der Waals surface area contributed by atoms with Gasteiger partial charge in [-0.25, -0.2) is 9.37 Å². The number of aryl methyl sites for hydroxylation is 1. The Labute approximate surface area is 222 Å². The monoisotopic (exact) mass is 521 g/mol. The van der Waals surface area contributed by atoms with Gasteiger partial charge in [-0.05, 0) is 106 Å². The summed E-state index contributed by atoms with van der Waals surface area (Å²) < 4.78 is 21.8. The highest BCUT2D eigenvalue weighted by molar-refractivity contribution is 5.96. The zero-order valence-electron chi connectivity index (χ0n) is 22.2. The minimum atomic E-state index is -0.767. The van der Waals surface area contributed by atoms with Crippen LogP contribution in [0.15, 0.2) is 35.4 Å². The molecular weight excluding hydrogens is 485 g/mol. The lowest BCUT2D eigenvalue weighted by molar-refractivity contribution is -0.0395. The van der Waals surface area contributed by atoms with E-state index in [1.807, 2.05) is 19.9 Å². The Bertz CT molecular complexity index is 1400. The van der Waals surface area contributed by atoms with Crippen LogP contribution in [0.2, 0.25) is 0 Å². The number of carbonyl (C=O) groups excluding carboxylic acids is 1. The van der Waals surface area contributed by atoms with E-state index in [2.05, 4.69) is 9.88 Å². The SMILES string of the molecule is Cc1c(Cc2ccc(C(=O)CCCN3CCCC3)c(F)c2)cc2c(=O)n([C@H]3CCOC[C@@H]3O)cnc2c1C. The second-order valence-corrected chi connectivity index (χ2v) is 10.7. The zero-order chi connectivity index (χ0) is 26.8. The second kappa shape index (κ2) is 11.4. The fourth-order valence-corrected chi connectivity index (χ4v) is 5.79. The van der Waals surface area contributed by atoms with Gasteiger partial charge in [0.1, 0.15) is 5.82 Å². The van der Waals surface area contributed by atoms with Crippen LogP contribution in [0.25, 0.3) is 10.9 Å². The summed E-state index contributed by atoms with van der Waals surface area (Å²) in [5, 5.41) is 10.9. The summed E-state index contributed by atoms with van der Waals surface area (Å²) in [5.41, 5.74) is 4.12. The highest BCUT2D eigenvalue weighted by atomic mass is 19.1. The predicted octanol–water partition coefficient (Wildman–Crippen LogP) is 4.12. The molecule has 0 bridgehead atoms. The Morgan fingerprint density at radius 3 is 2.71 bits per heavy atom. The van der Waals surface area contributed by atoms with Crippen molar-refractivity contribution >= 4 is 16.7 Å². The third kappa shape index (κ3) is 5.44. The molecule has 38 heavy (non-hydrogen) atoms. The molecule has 1 N–H and O–H groups in total. The van der Waals surface area contributed by atoms with E-state index in [0.29, 0.717) is 36.8 Å². The van der Waals surface area contributed by atoms with E-state index in [1.165, 1.54) is 29.8 Å². The highest BCUT2D eigenvalue weighted by Gasteiger charge is 2.27. The van der Waals surface area contributed by atoms with Crippen LogP contribution < -0.4 is 5.56 Å². The summed E-state index contributed by atoms with van der Waals surface area (Å²) in [7, 11) is 0. The van der Waals surface area contributed by atoms with E-state index < -0.39 is 11.9 Å². The van der Waals surface area contributed by atoms with Gasteiger partial charge in [0.05, 0.1) is 41.5 Å². The number of aliphatic hydroxyl groups excluding tert-OH is 1. The van der Waals surface area contributed by atoms with Gasteiger partial charge in [0.2, 0.25) is 0 Å². The topological polar surface area (TPSA) is 84.7 Å². The van der Waals surface area contributed by atoms with Crippen molar-refractivity contribution in [2.24, 2.45) is 0 Å². The lowest BCUT2D eigenvalue weighted by Crippen LogP contribution is -2.39. The molecule has 3 heterocycles. The van der Waals surface area contributed by atoms with Crippen LogP contribution in [-0.2, 0) is 11.2 Å². The Kier molecular flexibility index (Phi) is 8.02. The first-order chi connectivity index (χ1) is 18.3. The van der Waals surface area contributed by atoms with Gasteiger partial charge in [-0.15, -0.1) is 0 Å². The van der Waals surface area contributed by atoms with Crippen LogP contribution >= 0.6 is 0 Å². The summed E-state index contributed by atoms with van der Waals surface area (Å²) >= 11 is 0. The number of aliphatic hydroxyl groups is 1. The van der Waals surface area contributed by atoms with Crippen LogP contribution in [0.3, 0.4) is 0 Å². The number of likely N-dealkylation sites (tertiary alicyclic amines) is 1. The van der Waals surface area contributed by atoms with Crippen LogP contribution in [0, 0.1) is 19.7 Å². The molecule has 0 spiro atoms. The Morgan fingerprint density at radius 1 is 1.18 bits per heavy atom. The van der Waals surface area contributed by atoms with Gasteiger partial charge in [-0.3, -0.25) is 14.2 Å². The average molecular weight is 522 g/mol. The Morgan fingerprint density at radius 2 is 1.97 bits per heavy atom. The van der Waals surface area contributed by atoms with Crippen molar-refractivity contribution in [1.29, 1.82) is 0 Å². The maximum absolute atomic E-state index is 15.0. The standard InChI is InChI=1S/C30H36FN3O4/c1-19-20(2)29-24(30(37)34(18-32-29)26-9-13-38-17-28(26)36)16-22(19)14-21-7-8-23(25(31)15-21)27(35)6-5-12-33-10-3-4-11-33/h7-8,15-16,18,26,28,36H,3-6,9-14,17H2,1-2H3/t26-,28-/m0/s1. The van der Waals surface area contributed by atoms with E-state index in [0.717, 1.165) is 48.3 Å². The fraction of sp³-hybridized carbons (Fsp3) is 0.500. The molecule has 8 heteroatoms. The van der Waals surface area contributed by atoms with Gasteiger partial charge in [0.15, 0.2) is 5.78 Å². The van der Waals surface area contributed by atoms with E-state index in [-0.39, 0.29) is 29.6 Å². The molecule has 2 fully saturated rings. The third-order valence-corrected chi connectivity index (χ3v) is 8.20. The van der Waals surface area contributed by atoms with Gasteiger partial charge >= 0.3 is 0 Å². The number of ether oxygens (including phenoxy) is 1. The molecular formula is C30H36FN3O4. The van der Waals surface area contributed by atoms with Crippen molar-refractivity contribution in [2.75, 3.05) is 32.8 Å². The molecule has 0 unspecified atom stereocenters. The molecule has 1 aromatic heterocycles. The van der Waals surface area contributed by atoms with E-state index >= 15 is 0 Å². The minimum Gasteiger partial charge on any atom is -0.389 e. The zero-order valence-corrected chi connectivity index (χ0v) is 22.2. The lowest BCUT2D eigenvalue weighted by atomic mass is 9.93. The van der Waals surface area contributed by atoms with Crippen molar-refractivity contribution < 1.29 is 19.0 Å². The van der Waals surface area contributed by atoms with Gasteiger partial charge in [-0.1, -0.05) is 6.07 Å². The molecule has 0 saturated carbocycles. The molecule has 202 valence electrons. The number of rotatable bonds is 8. The van der Waals surface area contributed by atoms with Crippen LogP contribution in [-0.4, -0.2) is 64.3 Å². The number of Topliss-reactive ketones (excluding diaryl/α,β-unsaturated/α-hetero) is 1. The van der Waals surface area contributed by atoms with Crippen molar-refractivity contribution in [3.63, 3.8) is 0 Å². The van der Waals surface area contributed by atoms with Crippen molar-refractivity contribution in [2.45, 2.75) is 64.5 Å². The first kappa shape index (κ1) is 26.7. The van der Waals surface area contributed by atoms with Crippen LogP contribution in [0.5, 0.6) is 0 Å². The predicted molar refractivity (Wildman–Crippen MR) is 144 cm³/mol. The molecule has 2 aliphatic heterocycles. The van der Waals surface area contributed by atoms with Crippen molar-refractivity contribution in [1.82, 2.24) is 14.5 Å². The van der Waals surface area contributed by atoms with Crippen LogP contribution in [0.4, 0.5) is 4.39 Å². The first-order valence-corrected chi connectivity index (χ1v) is 13.6. The van der Waals surface area contributed by atoms with Crippen molar-refractivity contribution in [3.05, 3.63) is 74.6 Å². The Balaban J connectivity index is 1.36. The summed E-state index contributed by atoms with van der Waals surface area (Å²) in [6.45, 7) is 7.65. The maximum Gasteiger partial charge on any atom is 0.261 e. The molecule has 2 saturated heterocycles. The van der Waals surface area contributed by atoms with E-state index in [9.17, 15) is 19.1 Å². The number of carbonyl (C=O) groups is 1. The van der Waals surface area contributed by atoms with Crippen LogP contribution in [0.1, 0.15) is 70.8 Å². The number of aromatic nitrogens is 2. The summed E-state index contributed by atoms with van der Waals surface area (Å²) in [4.78, 5) is 33.0. The molecule has 0 radical (unpaired) electrons. The largest absolute Gasteiger partial charge is 0.389 e. The quantitative estimate of drug-likeness (QED) is 0.449. The smallest absolute Gasteiger partial charge is 0.261 e. The number of nitrogens with zero attached hydrogens (tertiary/aromatic N) is 3. The molecule has 0 amide bonds. The summed E-state index contributed by atoms with van der Waals surface area (Å²) in [5.74, 6) is -0.658. The molecule has 2 aromatic carbocycles. The lowest BCUT2D eigenvalue weighted by Gasteiger charge is -2.29. The molecule has 0 aliphatic carbocycles. The number of fused-ring (bicyclic) bond motifs is 1. The number of halogens is 1. The average Bonchev–Trinajstić information content (AvgIpc) is 3.42. The first-order valence-electron chi connectivity index (χ1n) is 13.6. The number of benzene rings is 2. The number of hydrogen-bond donors (Lipinski definition) is 1. The summed E-state index contributed by atoms with van der Waals surface area (Å²) in [6.07, 6.45) is 5.23. The normalized spacial score (nSPS) is 20.3. The van der Waals surface area contributed by atoms with E-state index in [4.69, 9.17) is 4.74 Å². The third-order valence-electron chi connectivity index (χ3n) is 8.20. The number of ketones is 1. The molecule has 5 rings (SSSR count). The van der Waals surface area contributed by atoms with Gasteiger partial charge in [0.25, 0.3) is 5.56 Å². The van der Waals surface area contributed by atoms with Gasteiger partial charge in [0, 0.05) is 13.0 Å². The molecule has 3 aromatic rings. The Hall–Kier alpha value is -2.94. The van der Waals surface area contributed by atoms with Crippen molar-refractivity contribution in [3.8, 4) is 0 Å². The minimum absolute atomic E-state index is 0.142. The number of hydrogen-bond acceptors (Lipinski definition) is 6. The second-order valence-electron chi connectivity index (χ2n) is 10.7. The van der Waals surface area contributed by atoms with E-state index in [1.54, 1.807) is 12.1 Å². The molecule has 7 nitrogen and oxygen atoms in total. The fourth-order valence-electron chi connectivity index (χ4n) is 5.79.